The van der Waals surface area contributed by atoms with Crippen LogP contribution in [-0.2, 0) is 22.5 Å². The second-order valence-corrected chi connectivity index (χ2v) is 9.88. The Kier molecular flexibility index (Phi) is 8.98. The highest BCUT2D eigenvalue weighted by Gasteiger charge is 2.21. The van der Waals surface area contributed by atoms with Gasteiger partial charge in [0.25, 0.3) is 0 Å². The second kappa shape index (κ2) is 11.7. The van der Waals surface area contributed by atoms with Gasteiger partial charge in [0.15, 0.2) is 17.1 Å². The number of hydrogen-bond acceptors (Lipinski definition) is 8. The van der Waals surface area contributed by atoms with E-state index in [1.54, 1.807) is 12.1 Å². The Morgan fingerprint density at radius 2 is 2.03 bits per heavy atom. The highest BCUT2D eigenvalue weighted by atomic mass is 35.5. The third-order valence-electron chi connectivity index (χ3n) is 4.99. The smallest absolute Gasteiger partial charge is 0.340 e. The van der Waals surface area contributed by atoms with Crippen LogP contribution in [0.4, 0.5) is 5.00 Å². The van der Waals surface area contributed by atoms with Crippen molar-refractivity contribution < 1.29 is 19.1 Å². The first-order valence-electron chi connectivity index (χ1n) is 10.8. The minimum atomic E-state index is -0.473. The van der Waals surface area contributed by atoms with Crippen molar-refractivity contribution in [2.45, 2.75) is 51.9 Å². The second-order valence-electron chi connectivity index (χ2n) is 7.39. The number of aryl methyl sites for hydroxylation is 2. The van der Waals surface area contributed by atoms with Gasteiger partial charge in [-0.15, -0.1) is 21.5 Å². The number of thioether (sulfide) groups is 1. The number of carbonyl (C=O) groups excluding carboxylic acids is 2. The number of rotatable bonds is 10. The highest BCUT2D eigenvalue weighted by Crippen LogP contribution is 2.30. The summed E-state index contributed by atoms with van der Waals surface area (Å²) >= 11 is 8.74. The maximum Gasteiger partial charge on any atom is 0.340 e. The molecule has 0 spiro atoms. The van der Waals surface area contributed by atoms with E-state index in [2.05, 4.69) is 15.5 Å². The summed E-state index contributed by atoms with van der Waals surface area (Å²) in [4.78, 5) is 25.6. The van der Waals surface area contributed by atoms with E-state index in [1.807, 2.05) is 44.4 Å². The summed E-state index contributed by atoms with van der Waals surface area (Å²) in [5.41, 5.74) is 1.29. The van der Waals surface area contributed by atoms with Crippen LogP contribution in [0.1, 0.15) is 53.5 Å². The number of nitrogens with zero attached hydrogens (tertiary/aromatic N) is 3. The summed E-state index contributed by atoms with van der Waals surface area (Å²) in [6.45, 7) is 8.41. The summed E-state index contributed by atoms with van der Waals surface area (Å²) < 4.78 is 12.8. The third-order valence-corrected chi connectivity index (χ3v) is 7.58. The number of ether oxygens (including phenoxy) is 2. The van der Waals surface area contributed by atoms with Crippen molar-refractivity contribution in [2.24, 2.45) is 0 Å². The van der Waals surface area contributed by atoms with E-state index in [1.165, 1.54) is 30.2 Å². The van der Waals surface area contributed by atoms with Crippen molar-refractivity contribution in [3.05, 3.63) is 51.1 Å². The molecule has 1 aromatic carbocycles. The summed E-state index contributed by atoms with van der Waals surface area (Å²) in [6.07, 6.45) is 0.412. The Labute approximate surface area is 212 Å². The van der Waals surface area contributed by atoms with Gasteiger partial charge in [0.2, 0.25) is 5.91 Å². The zero-order chi connectivity index (χ0) is 24.8. The van der Waals surface area contributed by atoms with E-state index >= 15 is 0 Å². The molecule has 1 N–H and O–H groups in total. The fourth-order valence-electron chi connectivity index (χ4n) is 3.22. The number of nitrogens with one attached hydrogen (secondary N) is 1. The molecule has 0 fully saturated rings. The predicted octanol–water partition coefficient (Wildman–Crippen LogP) is 5.54. The van der Waals surface area contributed by atoms with Gasteiger partial charge in [0, 0.05) is 16.4 Å². The monoisotopic (exact) mass is 522 g/mol. The lowest BCUT2D eigenvalue weighted by atomic mass is 10.2. The molecule has 1 amide bonds. The van der Waals surface area contributed by atoms with Gasteiger partial charge in [-0.3, -0.25) is 4.79 Å². The molecular formula is C23H27ClN4O4S2. The lowest BCUT2D eigenvalue weighted by molar-refractivity contribution is -0.113. The van der Waals surface area contributed by atoms with Crippen LogP contribution >= 0.6 is 34.7 Å². The standard InChI is InChI=1S/C23H27ClN4O4S2/c1-6-16-11-17(22(30)31-5)21(34-16)25-19(29)12-33-23-27-26-20(28(23)7-2)14(4)32-15-8-9-18(24)13(3)10-15/h8-11,14H,6-7,12H2,1-5H3,(H,25,29). The molecule has 0 aliphatic rings. The number of esters is 1. The maximum absolute atomic E-state index is 12.6. The number of anilines is 1. The minimum absolute atomic E-state index is 0.115. The number of carbonyl (C=O) groups is 2. The van der Waals surface area contributed by atoms with E-state index < -0.39 is 5.97 Å². The molecule has 0 saturated heterocycles. The van der Waals surface area contributed by atoms with Crippen molar-refractivity contribution in [1.82, 2.24) is 14.8 Å². The molecule has 3 aromatic rings. The zero-order valence-electron chi connectivity index (χ0n) is 19.7. The molecule has 0 radical (unpaired) electrons. The molecule has 3 rings (SSSR count). The molecular weight excluding hydrogens is 496 g/mol. The molecule has 34 heavy (non-hydrogen) atoms. The van der Waals surface area contributed by atoms with Crippen molar-refractivity contribution >= 4 is 51.6 Å². The van der Waals surface area contributed by atoms with Crippen LogP contribution in [-0.4, -0.2) is 39.5 Å². The predicted molar refractivity (Wildman–Crippen MR) is 135 cm³/mol. The summed E-state index contributed by atoms with van der Waals surface area (Å²) in [5.74, 6) is 0.755. The van der Waals surface area contributed by atoms with E-state index in [0.29, 0.717) is 38.9 Å². The number of thiophene rings is 1. The van der Waals surface area contributed by atoms with Crippen molar-refractivity contribution in [1.29, 1.82) is 0 Å². The Hall–Kier alpha value is -2.56. The van der Waals surface area contributed by atoms with Gasteiger partial charge in [-0.2, -0.15) is 0 Å². The highest BCUT2D eigenvalue weighted by molar-refractivity contribution is 7.99. The number of halogens is 1. The molecule has 2 heterocycles. The normalized spacial score (nSPS) is 11.8. The SMILES string of the molecule is CCc1cc(C(=O)OC)c(NC(=O)CSc2nnc(C(C)Oc3ccc(Cl)c(C)c3)n2CC)s1. The van der Waals surface area contributed by atoms with E-state index in [-0.39, 0.29) is 17.8 Å². The molecule has 8 nitrogen and oxygen atoms in total. The summed E-state index contributed by atoms with van der Waals surface area (Å²) in [7, 11) is 1.32. The lowest BCUT2D eigenvalue weighted by Gasteiger charge is -2.16. The van der Waals surface area contributed by atoms with E-state index in [4.69, 9.17) is 21.1 Å². The molecule has 1 atom stereocenters. The van der Waals surface area contributed by atoms with Crippen LogP contribution in [0.5, 0.6) is 5.75 Å². The molecule has 0 aliphatic heterocycles. The first-order chi connectivity index (χ1) is 16.3. The number of amides is 1. The topological polar surface area (TPSA) is 95.3 Å². The van der Waals surface area contributed by atoms with Gasteiger partial charge in [0.1, 0.15) is 10.8 Å². The summed E-state index contributed by atoms with van der Waals surface area (Å²) in [5, 5.41) is 13.2. The van der Waals surface area contributed by atoms with Gasteiger partial charge < -0.3 is 19.4 Å². The Morgan fingerprint density at radius 1 is 1.26 bits per heavy atom. The lowest BCUT2D eigenvalue weighted by Crippen LogP contribution is -2.16. The molecule has 2 aromatic heterocycles. The van der Waals surface area contributed by atoms with Crippen LogP contribution in [0.15, 0.2) is 29.4 Å². The zero-order valence-corrected chi connectivity index (χ0v) is 22.1. The number of hydrogen-bond donors (Lipinski definition) is 1. The van der Waals surface area contributed by atoms with Crippen LogP contribution in [0, 0.1) is 6.92 Å². The summed E-state index contributed by atoms with van der Waals surface area (Å²) in [6, 6.07) is 7.24. The molecule has 182 valence electrons. The van der Waals surface area contributed by atoms with Gasteiger partial charge in [-0.05, 0) is 57.0 Å². The Bertz CT molecular complexity index is 1180. The number of aromatic nitrogens is 3. The van der Waals surface area contributed by atoms with E-state index in [0.717, 1.165) is 16.9 Å². The molecule has 0 bridgehead atoms. The molecule has 1 unspecified atom stereocenters. The van der Waals surface area contributed by atoms with Gasteiger partial charge >= 0.3 is 5.97 Å². The Balaban J connectivity index is 1.66. The minimum Gasteiger partial charge on any atom is -0.483 e. The number of methoxy groups -OCH3 is 1. The van der Waals surface area contributed by atoms with Gasteiger partial charge in [-0.25, -0.2) is 4.79 Å². The largest absolute Gasteiger partial charge is 0.483 e. The number of benzene rings is 1. The van der Waals surface area contributed by atoms with Crippen LogP contribution < -0.4 is 10.1 Å². The average molecular weight is 523 g/mol. The molecule has 0 saturated carbocycles. The maximum atomic E-state index is 12.6. The molecule has 11 heteroatoms. The van der Waals surface area contributed by atoms with Crippen LogP contribution in [0.25, 0.3) is 0 Å². The molecule has 0 aliphatic carbocycles. The first-order valence-corrected chi connectivity index (χ1v) is 12.9. The van der Waals surface area contributed by atoms with Crippen molar-refractivity contribution in [3.8, 4) is 5.75 Å². The van der Waals surface area contributed by atoms with Crippen molar-refractivity contribution in [2.75, 3.05) is 18.2 Å². The third kappa shape index (κ3) is 6.11. The van der Waals surface area contributed by atoms with Crippen molar-refractivity contribution in [3.63, 3.8) is 0 Å². The van der Waals surface area contributed by atoms with Gasteiger partial charge in [0.05, 0.1) is 18.4 Å². The first kappa shape index (κ1) is 26.1. The average Bonchev–Trinajstić information content (AvgIpc) is 3.43. The fourth-order valence-corrected chi connectivity index (χ4v) is 5.14. The quantitative estimate of drug-likeness (QED) is 0.276. The fraction of sp³-hybridized carbons (Fsp3) is 0.391. The Morgan fingerprint density at radius 3 is 2.68 bits per heavy atom. The van der Waals surface area contributed by atoms with E-state index in [9.17, 15) is 9.59 Å². The van der Waals surface area contributed by atoms with Crippen LogP contribution in [0.3, 0.4) is 0 Å². The van der Waals surface area contributed by atoms with Crippen LogP contribution in [0.2, 0.25) is 5.02 Å². The van der Waals surface area contributed by atoms with Gasteiger partial charge in [-0.1, -0.05) is 30.3 Å².